The first-order chi connectivity index (χ1) is 11.8. The van der Waals surface area contributed by atoms with E-state index < -0.39 is 0 Å². The molecule has 126 valence electrons. The molecule has 2 fully saturated rings. The van der Waals surface area contributed by atoms with Gasteiger partial charge in [0.25, 0.3) is 0 Å². The number of nitrogens with zero attached hydrogens (tertiary/aromatic N) is 2. The van der Waals surface area contributed by atoms with Crippen LogP contribution in [0.25, 0.3) is 0 Å². The van der Waals surface area contributed by atoms with Gasteiger partial charge >= 0.3 is 0 Å². The maximum Gasteiger partial charge on any atom is 0.231 e. The van der Waals surface area contributed by atoms with Crippen molar-refractivity contribution >= 4 is 23.1 Å². The molecule has 1 saturated heterocycles. The van der Waals surface area contributed by atoms with Crippen molar-refractivity contribution in [3.05, 3.63) is 46.8 Å². The van der Waals surface area contributed by atoms with Crippen molar-refractivity contribution in [2.24, 2.45) is 5.92 Å². The molecule has 2 aromatic rings. The van der Waals surface area contributed by atoms with Gasteiger partial charge in [-0.25, -0.2) is 4.98 Å². The highest BCUT2D eigenvalue weighted by Crippen LogP contribution is 2.50. The van der Waals surface area contributed by atoms with Crippen LogP contribution < -0.4 is 10.2 Å². The molecule has 0 radical (unpaired) electrons. The Bertz CT molecular complexity index is 674. The summed E-state index contributed by atoms with van der Waals surface area (Å²) in [4.78, 5) is 20.6. The largest absolute Gasteiger partial charge is 0.357 e. The zero-order valence-corrected chi connectivity index (χ0v) is 14.6. The van der Waals surface area contributed by atoms with E-state index in [1.165, 1.54) is 4.88 Å². The quantitative estimate of drug-likeness (QED) is 0.908. The lowest BCUT2D eigenvalue weighted by Crippen LogP contribution is -2.41. The Morgan fingerprint density at radius 2 is 2.08 bits per heavy atom. The average molecular weight is 341 g/mol. The first kappa shape index (κ1) is 15.6. The maximum atomic E-state index is 12.6. The maximum absolute atomic E-state index is 12.6. The van der Waals surface area contributed by atoms with Crippen molar-refractivity contribution in [3.63, 3.8) is 0 Å². The number of carbonyl (C=O) groups excluding carboxylic acids is 1. The monoisotopic (exact) mass is 341 g/mol. The van der Waals surface area contributed by atoms with Gasteiger partial charge < -0.3 is 10.2 Å². The minimum Gasteiger partial charge on any atom is -0.357 e. The fourth-order valence-electron chi connectivity index (χ4n) is 3.57. The number of thiophene rings is 1. The number of nitrogens with one attached hydrogen (secondary N) is 1. The molecule has 24 heavy (non-hydrogen) atoms. The molecule has 1 saturated carbocycles. The van der Waals surface area contributed by atoms with E-state index in [4.69, 9.17) is 0 Å². The summed E-state index contributed by atoms with van der Waals surface area (Å²) >= 11 is 1.71. The van der Waals surface area contributed by atoms with Crippen LogP contribution >= 0.6 is 11.3 Å². The molecule has 0 atom stereocenters. The number of aromatic nitrogens is 1. The van der Waals surface area contributed by atoms with Gasteiger partial charge in [0.2, 0.25) is 5.91 Å². The van der Waals surface area contributed by atoms with Crippen LogP contribution in [-0.4, -0.2) is 30.5 Å². The van der Waals surface area contributed by atoms with Crippen molar-refractivity contribution in [1.29, 1.82) is 0 Å². The second-order valence-corrected chi connectivity index (χ2v) is 7.84. The van der Waals surface area contributed by atoms with Crippen LogP contribution in [0, 0.1) is 5.92 Å². The van der Waals surface area contributed by atoms with Crippen LogP contribution in [0.4, 0.5) is 5.82 Å². The van der Waals surface area contributed by atoms with Crippen molar-refractivity contribution in [3.8, 4) is 0 Å². The Labute approximate surface area is 146 Å². The second kappa shape index (κ2) is 6.55. The zero-order valence-electron chi connectivity index (χ0n) is 13.8. The fraction of sp³-hybridized carbons (Fsp3) is 0.474. The summed E-state index contributed by atoms with van der Waals surface area (Å²) in [6, 6.07) is 10.2. The predicted molar refractivity (Wildman–Crippen MR) is 97.4 cm³/mol. The van der Waals surface area contributed by atoms with Gasteiger partial charge in [-0.3, -0.25) is 4.79 Å². The summed E-state index contributed by atoms with van der Waals surface area (Å²) in [5.74, 6) is 1.87. The minimum atomic E-state index is -0.206. The molecule has 4 nitrogen and oxygen atoms in total. The van der Waals surface area contributed by atoms with Crippen molar-refractivity contribution in [2.75, 3.05) is 24.5 Å². The van der Waals surface area contributed by atoms with E-state index >= 15 is 0 Å². The molecule has 2 aliphatic rings. The third-order valence-corrected chi connectivity index (χ3v) is 6.39. The normalized spacial score (nSPS) is 19.9. The predicted octanol–water partition coefficient (Wildman–Crippen LogP) is 3.21. The van der Waals surface area contributed by atoms with E-state index in [1.54, 1.807) is 11.3 Å². The number of carbonyl (C=O) groups is 1. The summed E-state index contributed by atoms with van der Waals surface area (Å²) in [6.45, 7) is 2.85. The van der Waals surface area contributed by atoms with Crippen LogP contribution in [0.3, 0.4) is 0 Å². The van der Waals surface area contributed by atoms with Crippen LogP contribution in [0.15, 0.2) is 41.9 Å². The number of rotatable bonds is 5. The van der Waals surface area contributed by atoms with Gasteiger partial charge in [-0.1, -0.05) is 12.1 Å². The van der Waals surface area contributed by atoms with Crippen molar-refractivity contribution in [1.82, 2.24) is 10.3 Å². The van der Waals surface area contributed by atoms with E-state index in [2.05, 4.69) is 32.7 Å². The van der Waals surface area contributed by atoms with Gasteiger partial charge in [0.15, 0.2) is 0 Å². The second-order valence-electron chi connectivity index (χ2n) is 6.89. The first-order valence-electron chi connectivity index (χ1n) is 8.76. The Kier molecular flexibility index (Phi) is 4.27. The molecule has 0 bridgehead atoms. The fourth-order valence-corrected chi connectivity index (χ4v) is 4.56. The number of pyridine rings is 1. The lowest BCUT2D eigenvalue weighted by Gasteiger charge is -2.33. The van der Waals surface area contributed by atoms with Gasteiger partial charge in [0, 0.05) is 30.7 Å². The molecule has 3 heterocycles. The Morgan fingerprint density at radius 1 is 1.25 bits per heavy atom. The molecule has 1 aliphatic heterocycles. The third kappa shape index (κ3) is 3.05. The molecule has 1 aliphatic carbocycles. The Balaban J connectivity index is 1.27. The standard InChI is InChI=1S/C19H23N3OS/c23-18(19(8-9-19)16-4-3-13-24-16)21-14-15-6-11-22(12-7-15)17-5-1-2-10-20-17/h1-5,10,13,15H,6-9,11-12,14H2,(H,21,23). The molecular formula is C19H23N3OS. The van der Waals surface area contributed by atoms with Crippen LogP contribution in [0.1, 0.15) is 30.6 Å². The number of hydrogen-bond donors (Lipinski definition) is 1. The first-order valence-corrected chi connectivity index (χ1v) is 9.64. The number of amides is 1. The van der Waals surface area contributed by atoms with E-state index in [0.717, 1.165) is 51.1 Å². The molecule has 2 aromatic heterocycles. The molecular weight excluding hydrogens is 318 g/mol. The molecule has 1 N–H and O–H groups in total. The molecule has 0 spiro atoms. The summed E-state index contributed by atoms with van der Waals surface area (Å²) in [6.07, 6.45) is 6.07. The molecule has 0 unspecified atom stereocenters. The topological polar surface area (TPSA) is 45.2 Å². The van der Waals surface area contributed by atoms with Crippen molar-refractivity contribution < 1.29 is 4.79 Å². The van der Waals surface area contributed by atoms with Gasteiger partial charge in [0.05, 0.1) is 5.41 Å². The van der Waals surface area contributed by atoms with Gasteiger partial charge in [-0.05, 0) is 55.2 Å². The molecule has 4 rings (SSSR count). The highest BCUT2D eigenvalue weighted by atomic mass is 32.1. The summed E-state index contributed by atoms with van der Waals surface area (Å²) in [5, 5.41) is 5.30. The number of piperidine rings is 1. The summed E-state index contributed by atoms with van der Waals surface area (Å²) < 4.78 is 0. The summed E-state index contributed by atoms with van der Waals surface area (Å²) in [5.41, 5.74) is -0.206. The SMILES string of the molecule is O=C(NCC1CCN(c2ccccn2)CC1)C1(c2cccs2)CC1. The van der Waals surface area contributed by atoms with Gasteiger partial charge in [0.1, 0.15) is 5.82 Å². The molecule has 1 amide bonds. The third-order valence-electron chi connectivity index (χ3n) is 5.32. The smallest absolute Gasteiger partial charge is 0.231 e. The number of hydrogen-bond acceptors (Lipinski definition) is 4. The molecule has 5 heteroatoms. The highest BCUT2D eigenvalue weighted by Gasteiger charge is 2.52. The van der Waals surface area contributed by atoms with Crippen LogP contribution in [-0.2, 0) is 10.2 Å². The lowest BCUT2D eigenvalue weighted by atomic mass is 9.96. The van der Waals surface area contributed by atoms with Crippen LogP contribution in [0.5, 0.6) is 0 Å². The Hall–Kier alpha value is -1.88. The number of anilines is 1. The molecule has 0 aromatic carbocycles. The van der Waals surface area contributed by atoms with E-state index in [0.29, 0.717) is 5.92 Å². The van der Waals surface area contributed by atoms with E-state index in [-0.39, 0.29) is 11.3 Å². The Morgan fingerprint density at radius 3 is 2.71 bits per heavy atom. The van der Waals surface area contributed by atoms with Gasteiger partial charge in [-0.2, -0.15) is 0 Å². The highest BCUT2D eigenvalue weighted by molar-refractivity contribution is 7.10. The zero-order chi connectivity index (χ0) is 16.4. The average Bonchev–Trinajstić information content (AvgIpc) is 3.27. The lowest BCUT2D eigenvalue weighted by molar-refractivity contribution is -0.123. The summed E-state index contributed by atoms with van der Waals surface area (Å²) in [7, 11) is 0. The van der Waals surface area contributed by atoms with E-state index in [1.807, 2.05) is 24.4 Å². The van der Waals surface area contributed by atoms with Gasteiger partial charge in [-0.15, -0.1) is 11.3 Å². The van der Waals surface area contributed by atoms with Crippen LogP contribution in [0.2, 0.25) is 0 Å². The van der Waals surface area contributed by atoms with Crippen molar-refractivity contribution in [2.45, 2.75) is 31.1 Å². The minimum absolute atomic E-state index is 0.206. The van der Waals surface area contributed by atoms with E-state index in [9.17, 15) is 4.79 Å².